The smallest absolute Gasteiger partial charge is 0.410 e. The molecule has 2 aromatic rings. The van der Waals surface area contributed by atoms with Gasteiger partial charge in [0.15, 0.2) is 0 Å². The Morgan fingerprint density at radius 1 is 1.31 bits per heavy atom. The van der Waals surface area contributed by atoms with Crippen molar-refractivity contribution in [1.82, 2.24) is 14.7 Å². The van der Waals surface area contributed by atoms with Crippen LogP contribution < -0.4 is 10.6 Å². The number of hydrogen-bond acceptors (Lipinski definition) is 5. The number of carbonyl (C=O) groups is 2. The zero-order valence-corrected chi connectivity index (χ0v) is 16.1. The molecule has 2 aromatic heterocycles. The maximum Gasteiger partial charge on any atom is 0.410 e. The number of hydrogen-bond donors (Lipinski definition) is 2. The summed E-state index contributed by atoms with van der Waals surface area (Å²) in [6.07, 6.45) is 0.261. The molecule has 1 aliphatic rings. The summed E-state index contributed by atoms with van der Waals surface area (Å²) in [4.78, 5) is 26.2. The minimum absolute atomic E-state index is 0.340. The van der Waals surface area contributed by atoms with Crippen molar-refractivity contribution in [1.29, 1.82) is 0 Å². The number of ether oxygens (including phenoxy) is 1. The van der Waals surface area contributed by atoms with Gasteiger partial charge in [0.2, 0.25) is 0 Å². The average Bonchev–Trinajstić information content (AvgIpc) is 3.14. The number of aryl methyl sites for hydroxylation is 1. The second-order valence-corrected chi connectivity index (χ2v) is 8.05. The summed E-state index contributed by atoms with van der Waals surface area (Å²) in [6, 6.07) is 3.35. The fourth-order valence-electron chi connectivity index (χ4n) is 2.74. The molecule has 0 spiro atoms. The number of thiophene rings is 1. The molecule has 0 fully saturated rings. The van der Waals surface area contributed by atoms with E-state index < -0.39 is 5.60 Å². The van der Waals surface area contributed by atoms with E-state index in [0.29, 0.717) is 25.3 Å². The molecule has 3 rings (SSSR count). The van der Waals surface area contributed by atoms with Crippen molar-refractivity contribution >= 4 is 34.3 Å². The number of rotatable bonds is 2. The molecule has 1 aliphatic heterocycles. The SMILES string of the molecule is Cn1nc2c(c1NC(=O)Nc1cccs1)CN(C(=O)OC(C)(C)C)CC2. The summed E-state index contributed by atoms with van der Waals surface area (Å²) in [5.74, 6) is 0.585. The van der Waals surface area contributed by atoms with Crippen LogP contribution >= 0.6 is 11.3 Å². The van der Waals surface area contributed by atoms with Crippen LogP contribution in [-0.4, -0.2) is 39.0 Å². The van der Waals surface area contributed by atoms with Crippen LogP contribution in [0.5, 0.6) is 0 Å². The molecule has 3 amide bonds. The Kier molecular flexibility index (Phi) is 4.90. The maximum absolute atomic E-state index is 12.4. The Morgan fingerprint density at radius 3 is 2.73 bits per heavy atom. The molecule has 9 heteroatoms. The van der Waals surface area contributed by atoms with Gasteiger partial charge in [0.25, 0.3) is 0 Å². The lowest BCUT2D eigenvalue weighted by Gasteiger charge is -2.29. The fraction of sp³-hybridized carbons (Fsp3) is 0.471. The first-order valence-electron chi connectivity index (χ1n) is 8.37. The van der Waals surface area contributed by atoms with Gasteiger partial charge in [0.1, 0.15) is 11.4 Å². The third-order valence-electron chi connectivity index (χ3n) is 3.84. The number of anilines is 2. The molecule has 8 nitrogen and oxygen atoms in total. The van der Waals surface area contributed by atoms with Gasteiger partial charge in [-0.15, -0.1) is 11.3 Å². The highest BCUT2D eigenvalue weighted by molar-refractivity contribution is 7.14. The van der Waals surface area contributed by atoms with Crippen LogP contribution in [0.1, 0.15) is 32.0 Å². The van der Waals surface area contributed by atoms with E-state index in [4.69, 9.17) is 4.74 Å². The van der Waals surface area contributed by atoms with Gasteiger partial charge >= 0.3 is 12.1 Å². The van der Waals surface area contributed by atoms with Crippen LogP contribution in [0.4, 0.5) is 20.4 Å². The molecule has 0 bridgehead atoms. The minimum atomic E-state index is -0.548. The van der Waals surface area contributed by atoms with E-state index in [-0.39, 0.29) is 12.1 Å². The van der Waals surface area contributed by atoms with Gasteiger partial charge in [-0.1, -0.05) is 0 Å². The first-order chi connectivity index (χ1) is 12.2. The first kappa shape index (κ1) is 18.2. The molecule has 0 saturated carbocycles. The third kappa shape index (κ3) is 4.16. The first-order valence-corrected chi connectivity index (χ1v) is 9.25. The second kappa shape index (κ2) is 6.99. The molecule has 140 valence electrons. The second-order valence-electron chi connectivity index (χ2n) is 7.11. The van der Waals surface area contributed by atoms with Gasteiger partial charge in [-0.2, -0.15) is 5.10 Å². The number of nitrogens with zero attached hydrogens (tertiary/aromatic N) is 3. The lowest BCUT2D eigenvalue weighted by molar-refractivity contribution is 0.0224. The van der Waals surface area contributed by atoms with Crippen LogP contribution in [0, 0.1) is 0 Å². The van der Waals surface area contributed by atoms with E-state index >= 15 is 0 Å². The van der Waals surface area contributed by atoms with E-state index in [2.05, 4.69) is 15.7 Å². The van der Waals surface area contributed by atoms with Crippen molar-refractivity contribution in [2.45, 2.75) is 39.3 Å². The minimum Gasteiger partial charge on any atom is -0.444 e. The van der Waals surface area contributed by atoms with Gasteiger partial charge < -0.3 is 9.64 Å². The normalized spacial score (nSPS) is 13.9. The van der Waals surface area contributed by atoms with Gasteiger partial charge in [-0.05, 0) is 38.3 Å². The summed E-state index contributed by atoms with van der Waals surface area (Å²) in [7, 11) is 1.77. The van der Waals surface area contributed by atoms with E-state index in [1.807, 2.05) is 38.3 Å². The lowest BCUT2D eigenvalue weighted by Crippen LogP contribution is -2.40. The van der Waals surface area contributed by atoms with Crippen molar-refractivity contribution in [2.75, 3.05) is 17.2 Å². The van der Waals surface area contributed by atoms with Crippen LogP contribution in [0.3, 0.4) is 0 Å². The quantitative estimate of drug-likeness (QED) is 0.839. The van der Waals surface area contributed by atoms with Crippen LogP contribution in [-0.2, 0) is 24.8 Å². The lowest BCUT2D eigenvalue weighted by atomic mass is 10.1. The van der Waals surface area contributed by atoms with Crippen LogP contribution in [0.2, 0.25) is 0 Å². The van der Waals surface area contributed by atoms with E-state index in [1.54, 1.807) is 16.6 Å². The maximum atomic E-state index is 12.4. The van der Waals surface area contributed by atoms with E-state index in [9.17, 15) is 9.59 Å². The van der Waals surface area contributed by atoms with Crippen molar-refractivity contribution < 1.29 is 14.3 Å². The van der Waals surface area contributed by atoms with Crippen molar-refractivity contribution in [3.63, 3.8) is 0 Å². The van der Waals surface area contributed by atoms with Crippen molar-refractivity contribution in [3.05, 3.63) is 28.8 Å². The molecule has 26 heavy (non-hydrogen) atoms. The molecule has 0 aliphatic carbocycles. The van der Waals surface area contributed by atoms with Crippen LogP contribution in [0.15, 0.2) is 17.5 Å². The Bertz CT molecular complexity index is 807. The molecular weight excluding hydrogens is 354 g/mol. The summed E-state index contributed by atoms with van der Waals surface area (Å²) in [5, 5.41) is 12.7. The van der Waals surface area contributed by atoms with Gasteiger partial charge in [-0.25, -0.2) is 9.59 Å². The van der Waals surface area contributed by atoms with Gasteiger partial charge in [0, 0.05) is 25.6 Å². The molecule has 0 radical (unpaired) electrons. The molecule has 3 heterocycles. The van der Waals surface area contributed by atoms with Gasteiger partial charge in [-0.3, -0.25) is 15.3 Å². The zero-order valence-electron chi connectivity index (χ0n) is 15.3. The van der Waals surface area contributed by atoms with Crippen molar-refractivity contribution in [3.8, 4) is 0 Å². The Hall–Kier alpha value is -2.55. The summed E-state index contributed by atoms with van der Waals surface area (Å²) < 4.78 is 7.09. The molecule has 0 unspecified atom stereocenters. The third-order valence-corrected chi connectivity index (χ3v) is 4.62. The Labute approximate surface area is 156 Å². The highest BCUT2D eigenvalue weighted by atomic mass is 32.1. The number of nitrogens with one attached hydrogen (secondary N) is 2. The van der Waals surface area contributed by atoms with Gasteiger partial charge in [0.05, 0.1) is 17.2 Å². The summed E-state index contributed by atoms with van der Waals surface area (Å²) in [6.45, 7) is 6.41. The molecule has 2 N–H and O–H groups in total. The number of fused-ring (bicyclic) bond motifs is 1. The van der Waals surface area contributed by atoms with E-state index in [0.717, 1.165) is 16.3 Å². The number of amides is 3. The molecular formula is C17H23N5O3S. The average molecular weight is 377 g/mol. The predicted octanol–water partition coefficient (Wildman–Crippen LogP) is 3.42. The molecule has 0 saturated heterocycles. The number of urea groups is 1. The summed E-state index contributed by atoms with van der Waals surface area (Å²) in [5.41, 5.74) is 1.18. The van der Waals surface area contributed by atoms with Crippen LogP contribution in [0.25, 0.3) is 0 Å². The summed E-state index contributed by atoms with van der Waals surface area (Å²) >= 11 is 1.44. The number of carbonyl (C=O) groups excluding carboxylic acids is 2. The van der Waals surface area contributed by atoms with E-state index in [1.165, 1.54) is 11.3 Å². The topological polar surface area (TPSA) is 88.5 Å². The fourth-order valence-corrected chi connectivity index (χ4v) is 3.35. The molecule has 0 aromatic carbocycles. The largest absolute Gasteiger partial charge is 0.444 e. The zero-order chi connectivity index (χ0) is 18.9. The van der Waals surface area contributed by atoms with Crippen molar-refractivity contribution in [2.24, 2.45) is 7.05 Å². The molecule has 0 atom stereocenters. The predicted molar refractivity (Wildman–Crippen MR) is 101 cm³/mol. The Balaban J connectivity index is 1.73. The number of aromatic nitrogens is 2. The Morgan fingerprint density at radius 2 is 2.08 bits per heavy atom. The monoisotopic (exact) mass is 377 g/mol. The standard InChI is InChI=1S/C17H23N5O3S/c1-17(2,3)25-16(24)22-8-7-12-11(10-22)14(21(4)20-12)19-15(23)18-13-6-5-9-26-13/h5-6,9H,7-8,10H2,1-4H3,(H2,18,19,23). The highest BCUT2D eigenvalue weighted by Crippen LogP contribution is 2.27. The highest BCUT2D eigenvalue weighted by Gasteiger charge is 2.30.